The highest BCUT2D eigenvalue weighted by Gasteiger charge is 2.70. The van der Waals surface area contributed by atoms with E-state index < -0.39 is 15.9 Å². The SMILES string of the molecule is CN(Cc1ccccc1[N+](=O)[O-])C(=O)C1(N)C2CCCOC2C1(C)C.Cl. The highest BCUT2D eigenvalue weighted by atomic mass is 35.5. The number of carbonyl (C=O) groups is 1. The van der Waals surface area contributed by atoms with Gasteiger partial charge in [0.1, 0.15) is 5.54 Å². The molecule has 144 valence electrons. The summed E-state index contributed by atoms with van der Waals surface area (Å²) in [6.45, 7) is 4.80. The largest absolute Gasteiger partial charge is 0.377 e. The lowest BCUT2D eigenvalue weighted by Gasteiger charge is -2.65. The Morgan fingerprint density at radius 2 is 2.08 bits per heavy atom. The molecule has 0 bridgehead atoms. The maximum Gasteiger partial charge on any atom is 0.274 e. The van der Waals surface area contributed by atoms with Crippen molar-refractivity contribution in [2.75, 3.05) is 13.7 Å². The number of halogens is 1. The lowest BCUT2D eigenvalue weighted by molar-refractivity contribution is -0.385. The number of carbonyl (C=O) groups excluding carboxylic acids is 1. The van der Waals surface area contributed by atoms with E-state index >= 15 is 0 Å². The van der Waals surface area contributed by atoms with Gasteiger partial charge in [0.25, 0.3) is 5.69 Å². The average Bonchev–Trinajstić information content (AvgIpc) is 2.60. The summed E-state index contributed by atoms with van der Waals surface area (Å²) in [6, 6.07) is 6.47. The van der Waals surface area contributed by atoms with E-state index in [1.165, 1.54) is 11.0 Å². The summed E-state index contributed by atoms with van der Waals surface area (Å²) < 4.78 is 5.85. The summed E-state index contributed by atoms with van der Waals surface area (Å²) in [5.41, 5.74) is 5.67. The van der Waals surface area contributed by atoms with E-state index in [0.717, 1.165) is 12.8 Å². The van der Waals surface area contributed by atoms with E-state index in [4.69, 9.17) is 10.5 Å². The van der Waals surface area contributed by atoms with Crippen LogP contribution in [0.1, 0.15) is 32.3 Å². The van der Waals surface area contributed by atoms with E-state index in [1.54, 1.807) is 25.2 Å². The van der Waals surface area contributed by atoms with E-state index in [1.807, 2.05) is 13.8 Å². The van der Waals surface area contributed by atoms with Crippen molar-refractivity contribution in [2.45, 2.75) is 44.9 Å². The summed E-state index contributed by atoms with van der Waals surface area (Å²) in [7, 11) is 1.65. The first-order valence-corrected chi connectivity index (χ1v) is 8.59. The number of fused-ring (bicyclic) bond motifs is 1. The fraction of sp³-hybridized carbons (Fsp3) is 0.611. The first-order valence-electron chi connectivity index (χ1n) is 8.59. The normalized spacial score (nSPS) is 28.9. The summed E-state index contributed by atoms with van der Waals surface area (Å²) in [6.07, 6.45) is 1.77. The predicted molar refractivity (Wildman–Crippen MR) is 100.0 cm³/mol. The monoisotopic (exact) mass is 383 g/mol. The average molecular weight is 384 g/mol. The predicted octanol–water partition coefficient (Wildman–Crippen LogP) is 2.51. The van der Waals surface area contributed by atoms with Gasteiger partial charge in [0.05, 0.1) is 17.6 Å². The number of likely N-dealkylation sites (N-methyl/N-ethyl adjacent to an activating group) is 1. The molecule has 2 aliphatic rings. The molecule has 7 nitrogen and oxygen atoms in total. The number of nitro groups is 1. The highest BCUT2D eigenvalue weighted by Crippen LogP contribution is 2.57. The topological polar surface area (TPSA) is 98.7 Å². The highest BCUT2D eigenvalue weighted by molar-refractivity contribution is 5.89. The van der Waals surface area contributed by atoms with Crippen LogP contribution in [-0.4, -0.2) is 41.0 Å². The Labute approximate surface area is 159 Å². The molecule has 1 saturated carbocycles. The van der Waals surface area contributed by atoms with Gasteiger partial charge in [-0.05, 0) is 12.8 Å². The van der Waals surface area contributed by atoms with Crippen LogP contribution in [0.15, 0.2) is 24.3 Å². The van der Waals surface area contributed by atoms with Crippen LogP contribution in [0, 0.1) is 21.4 Å². The van der Waals surface area contributed by atoms with Crippen molar-refractivity contribution < 1.29 is 14.5 Å². The van der Waals surface area contributed by atoms with Crippen LogP contribution in [0.5, 0.6) is 0 Å². The second-order valence-corrected chi connectivity index (χ2v) is 7.68. The third-order valence-corrected chi connectivity index (χ3v) is 5.98. The van der Waals surface area contributed by atoms with Crippen molar-refractivity contribution in [1.29, 1.82) is 0 Å². The molecule has 0 radical (unpaired) electrons. The van der Waals surface area contributed by atoms with Gasteiger partial charge in [-0.2, -0.15) is 0 Å². The van der Waals surface area contributed by atoms with Gasteiger partial charge in [-0.3, -0.25) is 14.9 Å². The minimum Gasteiger partial charge on any atom is -0.377 e. The summed E-state index contributed by atoms with van der Waals surface area (Å²) in [5.74, 6) is -0.181. The molecule has 1 amide bonds. The Balaban J connectivity index is 0.00000243. The number of nitro benzene ring substituents is 1. The standard InChI is InChI=1S/C18H25N3O4.ClH/c1-17(2)15-13(8-6-10-25-15)18(17,19)16(22)20(3)11-12-7-4-5-9-14(12)21(23)24;/h4-5,7,9,13,15H,6,8,10-11,19H2,1-3H3;1H. The summed E-state index contributed by atoms with van der Waals surface area (Å²) >= 11 is 0. The number of nitrogens with zero attached hydrogens (tertiary/aromatic N) is 2. The molecular weight excluding hydrogens is 358 g/mol. The van der Waals surface area contributed by atoms with Crippen molar-refractivity contribution in [2.24, 2.45) is 17.1 Å². The minimum absolute atomic E-state index is 0. The van der Waals surface area contributed by atoms with Crippen LogP contribution in [0.4, 0.5) is 5.69 Å². The lowest BCUT2D eigenvalue weighted by atomic mass is 9.46. The third-order valence-electron chi connectivity index (χ3n) is 5.98. The van der Waals surface area contributed by atoms with Crippen LogP contribution < -0.4 is 5.73 Å². The van der Waals surface area contributed by atoms with Crippen molar-refractivity contribution in [3.63, 3.8) is 0 Å². The number of ether oxygens (including phenoxy) is 1. The fourth-order valence-electron chi connectivity index (χ4n) is 4.48. The van der Waals surface area contributed by atoms with Gasteiger partial charge in [-0.25, -0.2) is 0 Å². The molecular formula is C18H26ClN3O4. The number of benzene rings is 1. The first-order chi connectivity index (χ1) is 11.7. The van der Waals surface area contributed by atoms with Gasteiger partial charge in [0.15, 0.2) is 0 Å². The van der Waals surface area contributed by atoms with E-state index in [2.05, 4.69) is 0 Å². The molecule has 1 aromatic carbocycles. The lowest BCUT2D eigenvalue weighted by Crippen LogP contribution is -2.82. The zero-order valence-electron chi connectivity index (χ0n) is 15.3. The number of nitrogens with two attached hydrogens (primary N) is 1. The Morgan fingerprint density at radius 1 is 1.42 bits per heavy atom. The number of hydrogen-bond acceptors (Lipinski definition) is 5. The smallest absolute Gasteiger partial charge is 0.274 e. The van der Waals surface area contributed by atoms with Gasteiger partial charge in [0, 0.05) is 36.6 Å². The second-order valence-electron chi connectivity index (χ2n) is 7.68. The van der Waals surface area contributed by atoms with Gasteiger partial charge < -0.3 is 15.4 Å². The van der Waals surface area contributed by atoms with E-state index in [9.17, 15) is 14.9 Å². The molecule has 2 N–H and O–H groups in total. The van der Waals surface area contributed by atoms with Crippen LogP contribution in [-0.2, 0) is 16.1 Å². The van der Waals surface area contributed by atoms with Crippen LogP contribution in [0.25, 0.3) is 0 Å². The molecule has 1 aliphatic carbocycles. The molecule has 0 aromatic heterocycles. The molecule has 26 heavy (non-hydrogen) atoms. The van der Waals surface area contributed by atoms with Gasteiger partial charge in [-0.15, -0.1) is 12.4 Å². The molecule has 3 rings (SSSR count). The van der Waals surface area contributed by atoms with Gasteiger partial charge in [0.2, 0.25) is 5.91 Å². The third kappa shape index (κ3) is 2.88. The maximum atomic E-state index is 13.2. The van der Waals surface area contributed by atoms with E-state index in [0.29, 0.717) is 12.2 Å². The fourth-order valence-corrected chi connectivity index (χ4v) is 4.48. The molecule has 2 fully saturated rings. The Morgan fingerprint density at radius 3 is 2.73 bits per heavy atom. The number of amides is 1. The first kappa shape index (κ1) is 20.6. The summed E-state index contributed by atoms with van der Waals surface area (Å²) in [5, 5.41) is 11.2. The number of rotatable bonds is 4. The summed E-state index contributed by atoms with van der Waals surface area (Å²) in [4.78, 5) is 25.5. The number of para-hydroxylation sites is 1. The molecule has 1 aliphatic heterocycles. The Bertz CT molecular complexity index is 711. The van der Waals surface area contributed by atoms with Crippen LogP contribution in [0.2, 0.25) is 0 Å². The molecule has 3 unspecified atom stereocenters. The maximum absolute atomic E-state index is 13.2. The van der Waals surface area contributed by atoms with Gasteiger partial charge >= 0.3 is 0 Å². The zero-order valence-corrected chi connectivity index (χ0v) is 16.1. The van der Waals surface area contributed by atoms with Crippen molar-refractivity contribution in [1.82, 2.24) is 4.90 Å². The molecule has 3 atom stereocenters. The second kappa shape index (κ2) is 7.13. The van der Waals surface area contributed by atoms with Crippen molar-refractivity contribution >= 4 is 24.0 Å². The van der Waals surface area contributed by atoms with Crippen molar-refractivity contribution in [3.8, 4) is 0 Å². The van der Waals surface area contributed by atoms with E-state index in [-0.39, 0.29) is 42.6 Å². The quantitative estimate of drug-likeness (QED) is 0.636. The van der Waals surface area contributed by atoms with Gasteiger partial charge in [-0.1, -0.05) is 32.0 Å². The molecule has 1 saturated heterocycles. The van der Waals surface area contributed by atoms with Crippen molar-refractivity contribution in [3.05, 3.63) is 39.9 Å². The molecule has 8 heteroatoms. The number of hydrogen-bond donors (Lipinski definition) is 1. The minimum atomic E-state index is -1.00. The Kier molecular flexibility index (Phi) is 5.66. The zero-order chi connectivity index (χ0) is 18.4. The molecule has 1 heterocycles. The Hall–Kier alpha value is -1.70. The molecule has 0 spiro atoms. The van der Waals surface area contributed by atoms with Crippen LogP contribution >= 0.6 is 12.4 Å². The molecule has 1 aromatic rings. The van der Waals surface area contributed by atoms with Crippen LogP contribution in [0.3, 0.4) is 0 Å².